The number of nitrogens with one attached hydrogen (secondary N) is 2. The third-order valence-corrected chi connectivity index (χ3v) is 5.32. The van der Waals surface area contributed by atoms with E-state index in [9.17, 15) is 24.6 Å². The quantitative estimate of drug-likeness (QED) is 0.205. The fourth-order valence-corrected chi connectivity index (χ4v) is 3.84. The minimum atomic E-state index is -1.19. The van der Waals surface area contributed by atoms with E-state index >= 15 is 0 Å². The molecule has 0 radical (unpaired) electrons. The first-order valence-electron chi connectivity index (χ1n) is 10.1. The predicted octanol–water partition coefficient (Wildman–Crippen LogP) is 3.73. The summed E-state index contributed by atoms with van der Waals surface area (Å²) in [4.78, 5) is 34.8. The van der Waals surface area contributed by atoms with Crippen molar-refractivity contribution >= 4 is 45.9 Å². The number of aromatic carboxylic acids is 1. The van der Waals surface area contributed by atoms with E-state index in [-0.39, 0.29) is 46.2 Å². The summed E-state index contributed by atoms with van der Waals surface area (Å²) in [5.41, 5.74) is 1.81. The lowest BCUT2D eigenvalue weighted by Crippen LogP contribution is -2.30. The number of hydrogen-bond acceptors (Lipinski definition) is 6. The lowest BCUT2D eigenvalue weighted by molar-refractivity contribution is -0.136. The Kier molecular flexibility index (Phi) is 6.15. The van der Waals surface area contributed by atoms with Crippen LogP contribution in [0.4, 0.5) is 5.69 Å². The molecule has 0 aromatic heterocycles. The fourth-order valence-electron chi connectivity index (χ4n) is 3.62. The Balaban J connectivity index is 1.83. The summed E-state index contributed by atoms with van der Waals surface area (Å²) in [7, 11) is 0. The number of benzene rings is 3. The molecule has 0 amide bonds. The van der Waals surface area contributed by atoms with Gasteiger partial charge in [0.1, 0.15) is 17.1 Å². The van der Waals surface area contributed by atoms with Crippen LogP contribution in [0.1, 0.15) is 16.8 Å². The number of phenolic OH excluding ortho intramolecular Hbond substituents is 1. The van der Waals surface area contributed by atoms with Crippen LogP contribution >= 0.6 is 12.2 Å². The second kappa shape index (κ2) is 9.20. The highest BCUT2D eigenvalue weighted by atomic mass is 32.1. The van der Waals surface area contributed by atoms with E-state index in [1.54, 1.807) is 24.3 Å². The van der Waals surface area contributed by atoms with Crippen LogP contribution in [-0.2, 0) is 4.79 Å². The Morgan fingerprint density at radius 2 is 1.74 bits per heavy atom. The number of fused-ring (bicyclic) bond motifs is 2. The number of phenols is 1. The molecule has 0 unspecified atom stereocenters. The zero-order chi connectivity index (χ0) is 24.4. The normalized spacial score (nSPS) is 10.8. The molecule has 0 bridgehead atoms. The van der Waals surface area contributed by atoms with E-state index in [1.165, 1.54) is 30.3 Å². The van der Waals surface area contributed by atoms with Crippen molar-refractivity contribution < 1.29 is 29.3 Å². The maximum Gasteiger partial charge on any atom is 0.336 e. The van der Waals surface area contributed by atoms with E-state index in [0.717, 1.165) is 0 Å². The van der Waals surface area contributed by atoms with Crippen molar-refractivity contribution in [2.45, 2.75) is 6.42 Å². The van der Waals surface area contributed by atoms with Gasteiger partial charge in [-0.25, -0.2) is 4.79 Å². The highest BCUT2D eigenvalue weighted by Gasteiger charge is 2.22. The monoisotopic (exact) mass is 478 g/mol. The second-order valence-electron chi connectivity index (χ2n) is 7.41. The van der Waals surface area contributed by atoms with Crippen LogP contribution in [0, 0.1) is 0 Å². The second-order valence-corrected chi connectivity index (χ2v) is 7.81. The first kappa shape index (κ1) is 22.7. The molecule has 0 spiro atoms. The lowest BCUT2D eigenvalue weighted by atomic mass is 9.90. The predicted molar refractivity (Wildman–Crippen MR) is 130 cm³/mol. The summed E-state index contributed by atoms with van der Waals surface area (Å²) in [5, 5.41) is 34.9. The van der Waals surface area contributed by atoms with Crippen LogP contribution in [0.15, 0.2) is 63.8 Å². The maximum atomic E-state index is 12.2. The van der Waals surface area contributed by atoms with Gasteiger partial charge in [-0.2, -0.15) is 0 Å². The number of hydrogen-bond donors (Lipinski definition) is 5. The Hall–Kier alpha value is -4.44. The number of aliphatic carboxylic acids is 1. The van der Waals surface area contributed by atoms with Crippen molar-refractivity contribution in [2.24, 2.45) is 0 Å². The largest absolute Gasteiger partial charge is 0.508 e. The number of carboxylic acid groups (broad SMARTS) is 2. The average Bonchev–Trinajstić information content (AvgIpc) is 2.77. The van der Waals surface area contributed by atoms with Gasteiger partial charge in [-0.15, -0.1) is 0 Å². The smallest absolute Gasteiger partial charge is 0.336 e. The first-order chi connectivity index (χ1) is 16.2. The van der Waals surface area contributed by atoms with Gasteiger partial charge in [0.2, 0.25) is 0 Å². The standard InChI is InChI=1S/C24H18N2O7S/c27-13-2-5-16-19(10-13)33-20-11-14(28)3-6-17(20)22(16)15-4-1-12(9-18(15)23(31)32)26-24(34)25-8-7-21(29)30/h1-6,9-11,27H,7-8H2,(H,29,30)(H,31,32)(H2,25,26,34). The molecule has 1 aliphatic heterocycles. The molecular formula is C24H18N2O7S. The fraction of sp³-hybridized carbons (Fsp3) is 0.0833. The summed E-state index contributed by atoms with van der Waals surface area (Å²) >= 11 is 5.15. The lowest BCUT2D eigenvalue weighted by Gasteiger charge is -2.18. The zero-order valence-corrected chi connectivity index (χ0v) is 18.3. The van der Waals surface area contributed by atoms with Gasteiger partial charge in [-0.1, -0.05) is 6.07 Å². The van der Waals surface area contributed by atoms with E-state index in [4.69, 9.17) is 21.7 Å². The van der Waals surface area contributed by atoms with Crippen molar-refractivity contribution in [3.63, 3.8) is 0 Å². The number of rotatable bonds is 6. The van der Waals surface area contributed by atoms with Crippen molar-refractivity contribution in [2.75, 3.05) is 11.9 Å². The Morgan fingerprint density at radius 3 is 2.47 bits per heavy atom. The highest BCUT2D eigenvalue weighted by Crippen LogP contribution is 2.42. The van der Waals surface area contributed by atoms with Crippen LogP contribution in [0.5, 0.6) is 5.75 Å². The molecule has 9 nitrogen and oxygen atoms in total. The Morgan fingerprint density at radius 1 is 0.971 bits per heavy atom. The van der Waals surface area contributed by atoms with Gasteiger partial charge in [0.25, 0.3) is 0 Å². The number of thiocarbonyl (C=S) groups is 1. The molecule has 2 aliphatic rings. The molecule has 4 rings (SSSR count). The first-order valence-corrected chi connectivity index (χ1v) is 10.5. The van der Waals surface area contributed by atoms with E-state index in [0.29, 0.717) is 27.8 Å². The van der Waals surface area contributed by atoms with Crippen LogP contribution in [-0.4, -0.2) is 38.9 Å². The van der Waals surface area contributed by atoms with Crippen LogP contribution < -0.4 is 16.1 Å². The molecule has 10 heteroatoms. The molecular weight excluding hydrogens is 460 g/mol. The van der Waals surface area contributed by atoms with Crippen molar-refractivity contribution in [1.82, 2.24) is 5.32 Å². The number of carboxylic acids is 2. The third-order valence-electron chi connectivity index (χ3n) is 5.08. The van der Waals surface area contributed by atoms with E-state index in [2.05, 4.69) is 10.6 Å². The van der Waals surface area contributed by atoms with Gasteiger partial charge in [0, 0.05) is 40.9 Å². The minimum Gasteiger partial charge on any atom is -0.508 e. The van der Waals surface area contributed by atoms with E-state index in [1.807, 2.05) is 0 Å². The van der Waals surface area contributed by atoms with Gasteiger partial charge in [0.15, 0.2) is 10.5 Å². The molecule has 1 aliphatic carbocycles. The van der Waals surface area contributed by atoms with Crippen LogP contribution in [0.2, 0.25) is 0 Å². The molecule has 1 heterocycles. The molecule has 0 saturated carbocycles. The van der Waals surface area contributed by atoms with Gasteiger partial charge in [0.05, 0.1) is 12.0 Å². The molecule has 0 saturated heterocycles. The van der Waals surface area contributed by atoms with Crippen molar-refractivity contribution in [3.8, 4) is 28.2 Å². The maximum absolute atomic E-state index is 12.2. The molecule has 5 N–H and O–H groups in total. The van der Waals surface area contributed by atoms with Crippen LogP contribution in [0.3, 0.4) is 0 Å². The number of carbonyl (C=O) groups is 2. The highest BCUT2D eigenvalue weighted by molar-refractivity contribution is 7.80. The number of aromatic hydroxyl groups is 1. The SMILES string of the molecule is O=C(O)CCNC(=S)Nc1ccc(-c2c3ccc(=O)cc-3oc3cc(O)ccc23)c(C(=O)O)c1. The third kappa shape index (κ3) is 4.66. The molecule has 2 aromatic carbocycles. The molecule has 34 heavy (non-hydrogen) atoms. The average molecular weight is 478 g/mol. The van der Waals surface area contributed by atoms with Gasteiger partial charge in [-0.05, 0) is 54.2 Å². The van der Waals surface area contributed by atoms with Gasteiger partial charge in [-0.3, -0.25) is 9.59 Å². The summed E-state index contributed by atoms with van der Waals surface area (Å²) < 4.78 is 5.81. The Bertz CT molecular complexity index is 1480. The molecule has 0 atom stereocenters. The summed E-state index contributed by atoms with van der Waals surface area (Å²) in [5.74, 6) is -1.95. The van der Waals surface area contributed by atoms with Gasteiger partial charge < -0.3 is 30.4 Å². The van der Waals surface area contributed by atoms with E-state index < -0.39 is 11.9 Å². The summed E-state index contributed by atoms with van der Waals surface area (Å²) in [6, 6.07) is 13.4. The van der Waals surface area contributed by atoms with Crippen LogP contribution in [0.25, 0.3) is 33.4 Å². The van der Waals surface area contributed by atoms with Gasteiger partial charge >= 0.3 is 11.9 Å². The van der Waals surface area contributed by atoms with Crippen molar-refractivity contribution in [3.05, 3.63) is 70.4 Å². The Labute approximate surface area is 197 Å². The minimum absolute atomic E-state index is 0.0357. The molecule has 172 valence electrons. The number of anilines is 1. The van der Waals surface area contributed by atoms with Crippen molar-refractivity contribution in [1.29, 1.82) is 0 Å². The zero-order valence-electron chi connectivity index (χ0n) is 17.5. The summed E-state index contributed by atoms with van der Waals surface area (Å²) in [6.07, 6.45) is -0.124. The molecule has 0 fully saturated rings. The topological polar surface area (TPSA) is 149 Å². The molecule has 2 aromatic rings. The summed E-state index contributed by atoms with van der Waals surface area (Å²) in [6.45, 7) is 0.116.